The minimum Gasteiger partial charge on any atom is -0.325 e. The first kappa shape index (κ1) is 20.9. The van der Waals surface area contributed by atoms with Crippen LogP contribution in [0.25, 0.3) is 16.7 Å². The molecule has 2 heterocycles. The lowest BCUT2D eigenvalue weighted by atomic mass is 10.1. The standard InChI is InChI=1S/C24H23ClN4O2/c1-4-17-5-11-20(12-6-17)29-24-23(16(3)27-29)15(2)13-22(31)28(24)14-21(30)26-19-9-7-18(25)8-10-19/h5-13H,4,14H2,1-3H3,(H,26,30). The van der Waals surface area contributed by atoms with Crippen LogP contribution in [0, 0.1) is 13.8 Å². The predicted octanol–water partition coefficient (Wildman–Crippen LogP) is 4.66. The summed E-state index contributed by atoms with van der Waals surface area (Å²) < 4.78 is 3.22. The van der Waals surface area contributed by atoms with Gasteiger partial charge in [0.1, 0.15) is 12.2 Å². The highest BCUT2D eigenvalue weighted by Gasteiger charge is 2.18. The smallest absolute Gasteiger partial charge is 0.252 e. The maximum atomic E-state index is 12.9. The van der Waals surface area contributed by atoms with E-state index < -0.39 is 0 Å². The molecule has 0 aliphatic heterocycles. The van der Waals surface area contributed by atoms with Crippen LogP contribution in [0.4, 0.5) is 5.69 Å². The minimum absolute atomic E-state index is 0.129. The molecule has 31 heavy (non-hydrogen) atoms. The van der Waals surface area contributed by atoms with E-state index >= 15 is 0 Å². The molecule has 2 aromatic carbocycles. The highest BCUT2D eigenvalue weighted by atomic mass is 35.5. The molecular formula is C24H23ClN4O2. The lowest BCUT2D eigenvalue weighted by molar-refractivity contribution is -0.116. The number of nitrogens with zero attached hydrogens (tertiary/aromatic N) is 3. The molecule has 0 aliphatic carbocycles. The number of hydrogen-bond acceptors (Lipinski definition) is 3. The van der Waals surface area contributed by atoms with Crippen molar-refractivity contribution >= 4 is 34.2 Å². The van der Waals surface area contributed by atoms with Crippen molar-refractivity contribution < 1.29 is 4.79 Å². The molecule has 0 fully saturated rings. The summed E-state index contributed by atoms with van der Waals surface area (Å²) in [5.41, 5.74) is 4.67. The van der Waals surface area contributed by atoms with Crippen LogP contribution in [0.3, 0.4) is 0 Å². The summed E-state index contributed by atoms with van der Waals surface area (Å²) in [6, 6.07) is 16.4. The number of carbonyl (C=O) groups excluding carboxylic acids is 1. The molecule has 6 nitrogen and oxygen atoms in total. The Morgan fingerprint density at radius 1 is 1.06 bits per heavy atom. The fourth-order valence-corrected chi connectivity index (χ4v) is 3.87. The molecule has 4 rings (SSSR count). The Balaban J connectivity index is 1.79. The van der Waals surface area contributed by atoms with Crippen LogP contribution in [0.5, 0.6) is 0 Å². The first-order valence-electron chi connectivity index (χ1n) is 10.1. The Morgan fingerprint density at radius 3 is 2.39 bits per heavy atom. The van der Waals surface area contributed by atoms with Crippen molar-refractivity contribution in [1.82, 2.24) is 14.3 Å². The Hall–Kier alpha value is -3.38. The van der Waals surface area contributed by atoms with E-state index in [9.17, 15) is 9.59 Å². The van der Waals surface area contributed by atoms with Crippen molar-refractivity contribution in [2.75, 3.05) is 5.32 Å². The van der Waals surface area contributed by atoms with Gasteiger partial charge in [-0.15, -0.1) is 0 Å². The summed E-state index contributed by atoms with van der Waals surface area (Å²) in [6.45, 7) is 5.77. The van der Waals surface area contributed by atoms with Gasteiger partial charge in [-0.3, -0.25) is 14.2 Å². The first-order chi connectivity index (χ1) is 14.9. The molecule has 0 saturated carbocycles. The number of pyridine rings is 1. The third kappa shape index (κ3) is 4.11. The van der Waals surface area contributed by atoms with E-state index in [-0.39, 0.29) is 18.0 Å². The molecular weight excluding hydrogens is 412 g/mol. The van der Waals surface area contributed by atoms with Gasteiger partial charge in [0, 0.05) is 22.2 Å². The second kappa shape index (κ2) is 8.40. The SMILES string of the molecule is CCc1ccc(-n2nc(C)c3c(C)cc(=O)n(CC(=O)Nc4ccc(Cl)cc4)c32)cc1. The van der Waals surface area contributed by atoms with Crippen molar-refractivity contribution in [2.45, 2.75) is 33.7 Å². The highest BCUT2D eigenvalue weighted by Crippen LogP contribution is 2.24. The molecule has 0 radical (unpaired) electrons. The van der Waals surface area contributed by atoms with Gasteiger partial charge in [-0.2, -0.15) is 5.10 Å². The molecule has 0 saturated heterocycles. The van der Waals surface area contributed by atoms with E-state index in [4.69, 9.17) is 11.6 Å². The molecule has 0 bridgehead atoms. The number of fused-ring (bicyclic) bond motifs is 1. The summed E-state index contributed by atoms with van der Waals surface area (Å²) in [6.07, 6.45) is 0.938. The van der Waals surface area contributed by atoms with Gasteiger partial charge in [-0.1, -0.05) is 30.7 Å². The van der Waals surface area contributed by atoms with Crippen LogP contribution in [0.15, 0.2) is 59.4 Å². The first-order valence-corrected chi connectivity index (χ1v) is 10.5. The number of hydrogen-bond donors (Lipinski definition) is 1. The van der Waals surface area contributed by atoms with Crippen LogP contribution >= 0.6 is 11.6 Å². The van der Waals surface area contributed by atoms with Crippen LogP contribution in [-0.2, 0) is 17.8 Å². The number of aryl methyl sites for hydroxylation is 3. The van der Waals surface area contributed by atoms with Crippen molar-refractivity contribution in [1.29, 1.82) is 0 Å². The van der Waals surface area contributed by atoms with E-state index in [1.807, 2.05) is 38.1 Å². The summed E-state index contributed by atoms with van der Waals surface area (Å²) in [7, 11) is 0. The number of halogens is 1. The highest BCUT2D eigenvalue weighted by molar-refractivity contribution is 6.30. The molecule has 1 N–H and O–H groups in total. The predicted molar refractivity (Wildman–Crippen MR) is 124 cm³/mol. The van der Waals surface area contributed by atoms with Gasteiger partial charge in [0.05, 0.1) is 11.4 Å². The Bertz CT molecular complexity index is 1320. The lowest BCUT2D eigenvalue weighted by Gasteiger charge is -2.13. The number of aromatic nitrogens is 3. The monoisotopic (exact) mass is 434 g/mol. The fourth-order valence-electron chi connectivity index (χ4n) is 3.75. The quantitative estimate of drug-likeness (QED) is 0.496. The molecule has 7 heteroatoms. The van der Waals surface area contributed by atoms with Gasteiger partial charge in [0.15, 0.2) is 0 Å². The Labute approximate surface area is 185 Å². The maximum absolute atomic E-state index is 12.9. The average molecular weight is 435 g/mol. The maximum Gasteiger partial charge on any atom is 0.252 e. The molecule has 158 valence electrons. The molecule has 1 amide bonds. The Kier molecular flexibility index (Phi) is 5.65. The summed E-state index contributed by atoms with van der Waals surface area (Å²) in [4.78, 5) is 25.7. The molecule has 2 aromatic heterocycles. The van der Waals surface area contributed by atoms with Crippen LogP contribution in [0.2, 0.25) is 5.02 Å². The van der Waals surface area contributed by atoms with Crippen molar-refractivity contribution in [2.24, 2.45) is 0 Å². The average Bonchev–Trinajstić information content (AvgIpc) is 3.10. The molecule has 0 aliphatic rings. The number of rotatable bonds is 5. The van der Waals surface area contributed by atoms with E-state index in [1.165, 1.54) is 10.1 Å². The van der Waals surface area contributed by atoms with Crippen molar-refractivity contribution in [3.8, 4) is 5.69 Å². The van der Waals surface area contributed by atoms with E-state index in [1.54, 1.807) is 35.0 Å². The summed E-state index contributed by atoms with van der Waals surface area (Å²) >= 11 is 5.91. The van der Waals surface area contributed by atoms with Gasteiger partial charge in [0.25, 0.3) is 5.56 Å². The number of benzene rings is 2. The second-order valence-electron chi connectivity index (χ2n) is 7.52. The van der Waals surface area contributed by atoms with Crippen molar-refractivity contribution in [3.05, 3.63) is 86.8 Å². The van der Waals surface area contributed by atoms with E-state index in [2.05, 4.69) is 17.3 Å². The largest absolute Gasteiger partial charge is 0.325 e. The molecule has 4 aromatic rings. The molecule has 0 unspecified atom stereocenters. The lowest BCUT2D eigenvalue weighted by Crippen LogP contribution is -2.29. The zero-order chi connectivity index (χ0) is 22.1. The molecule has 0 atom stereocenters. The van der Waals surface area contributed by atoms with E-state index in [0.717, 1.165) is 28.8 Å². The number of anilines is 1. The van der Waals surface area contributed by atoms with E-state index in [0.29, 0.717) is 16.4 Å². The van der Waals surface area contributed by atoms with Crippen molar-refractivity contribution in [3.63, 3.8) is 0 Å². The van der Waals surface area contributed by atoms with Crippen LogP contribution in [-0.4, -0.2) is 20.3 Å². The number of nitrogens with one attached hydrogen (secondary N) is 1. The summed E-state index contributed by atoms with van der Waals surface area (Å²) in [5, 5.41) is 8.97. The second-order valence-corrected chi connectivity index (χ2v) is 7.96. The fraction of sp³-hybridized carbons (Fsp3) is 0.208. The third-order valence-electron chi connectivity index (χ3n) is 5.31. The van der Waals surface area contributed by atoms with Gasteiger partial charge in [-0.25, -0.2) is 4.68 Å². The van der Waals surface area contributed by atoms with Gasteiger partial charge < -0.3 is 5.32 Å². The molecule has 0 spiro atoms. The van der Waals surface area contributed by atoms with Gasteiger partial charge >= 0.3 is 0 Å². The third-order valence-corrected chi connectivity index (χ3v) is 5.56. The number of carbonyl (C=O) groups is 1. The zero-order valence-corrected chi connectivity index (χ0v) is 18.4. The Morgan fingerprint density at radius 2 is 1.74 bits per heavy atom. The van der Waals surface area contributed by atoms with Gasteiger partial charge in [0.2, 0.25) is 5.91 Å². The summed E-state index contributed by atoms with van der Waals surface area (Å²) in [5.74, 6) is -0.304. The van der Waals surface area contributed by atoms with Gasteiger partial charge in [-0.05, 0) is 67.8 Å². The topological polar surface area (TPSA) is 68.9 Å². The zero-order valence-electron chi connectivity index (χ0n) is 17.6. The number of amides is 1. The van der Waals surface area contributed by atoms with Crippen LogP contribution < -0.4 is 10.9 Å². The normalized spacial score (nSPS) is 11.1. The van der Waals surface area contributed by atoms with Crippen LogP contribution in [0.1, 0.15) is 23.7 Å². The minimum atomic E-state index is -0.304.